The van der Waals surface area contributed by atoms with E-state index in [1.54, 1.807) is 0 Å². The standard InChI is InChI=1S/C28H40N2O12/c1-8-30(9-2)13-12-29-27(35)20-10-11-21(22(14-20)36-7)41-28-26(40-19(6)34)25(39-18(5)33)24(38-17(4)32)23(42-28)15-37-16(3)31/h10-11,14,23-26,28H,8-9,12-13,15H2,1-7H3,(H,29,35)/t23-,24-,25+,26-,28-/m1/s1. The quantitative estimate of drug-likeness (QED) is 0.241. The maximum atomic E-state index is 12.7. The second-order valence-corrected chi connectivity index (χ2v) is 9.33. The van der Waals surface area contributed by atoms with Gasteiger partial charge in [0.1, 0.15) is 12.7 Å². The van der Waals surface area contributed by atoms with Gasteiger partial charge in [0.2, 0.25) is 12.4 Å². The predicted octanol–water partition coefficient (Wildman–Crippen LogP) is 1.23. The van der Waals surface area contributed by atoms with Crippen LogP contribution in [0.2, 0.25) is 0 Å². The first-order valence-electron chi connectivity index (χ1n) is 13.6. The molecule has 0 aliphatic carbocycles. The van der Waals surface area contributed by atoms with Gasteiger partial charge in [-0.05, 0) is 31.3 Å². The van der Waals surface area contributed by atoms with Gasteiger partial charge in [0, 0.05) is 46.3 Å². The molecule has 0 unspecified atom stereocenters. The van der Waals surface area contributed by atoms with E-state index in [2.05, 4.69) is 10.2 Å². The third kappa shape index (κ3) is 10.2. The molecule has 234 valence electrons. The van der Waals surface area contributed by atoms with Crippen LogP contribution in [0.25, 0.3) is 0 Å². The minimum absolute atomic E-state index is 0.0955. The van der Waals surface area contributed by atoms with Gasteiger partial charge in [-0.25, -0.2) is 0 Å². The van der Waals surface area contributed by atoms with Gasteiger partial charge >= 0.3 is 23.9 Å². The van der Waals surface area contributed by atoms with E-state index >= 15 is 0 Å². The second kappa shape index (κ2) is 16.5. The lowest BCUT2D eigenvalue weighted by atomic mass is 9.98. The van der Waals surface area contributed by atoms with Crippen LogP contribution in [0.4, 0.5) is 0 Å². The molecule has 0 radical (unpaired) electrons. The first-order chi connectivity index (χ1) is 19.9. The van der Waals surface area contributed by atoms with Crippen molar-refractivity contribution in [2.24, 2.45) is 0 Å². The number of carbonyl (C=O) groups is 5. The van der Waals surface area contributed by atoms with Crippen molar-refractivity contribution in [2.75, 3.05) is 39.9 Å². The molecule has 14 nitrogen and oxygen atoms in total. The summed E-state index contributed by atoms with van der Waals surface area (Å²) in [5.74, 6) is -3.00. The molecule has 5 atom stereocenters. The lowest BCUT2D eigenvalue weighted by molar-refractivity contribution is -0.288. The maximum Gasteiger partial charge on any atom is 0.303 e. The van der Waals surface area contributed by atoms with Gasteiger partial charge < -0.3 is 43.4 Å². The number of hydrogen-bond donors (Lipinski definition) is 1. The number of rotatable bonds is 14. The van der Waals surface area contributed by atoms with Crippen molar-refractivity contribution in [2.45, 2.75) is 72.2 Å². The smallest absolute Gasteiger partial charge is 0.303 e. The van der Waals surface area contributed by atoms with E-state index < -0.39 is 61.2 Å². The Bertz CT molecular complexity index is 1110. The van der Waals surface area contributed by atoms with E-state index in [-0.39, 0.29) is 17.4 Å². The number of hydrogen-bond acceptors (Lipinski definition) is 13. The number of benzene rings is 1. The predicted molar refractivity (Wildman–Crippen MR) is 146 cm³/mol. The number of esters is 4. The van der Waals surface area contributed by atoms with Crippen LogP contribution in [-0.4, -0.2) is 105 Å². The fourth-order valence-corrected chi connectivity index (χ4v) is 4.28. The minimum atomic E-state index is -1.45. The molecule has 0 aromatic heterocycles. The lowest BCUT2D eigenvalue weighted by Gasteiger charge is -2.44. The third-order valence-corrected chi connectivity index (χ3v) is 6.23. The number of carbonyl (C=O) groups excluding carboxylic acids is 5. The molecule has 1 fully saturated rings. The topological polar surface area (TPSA) is 165 Å². The molecule has 1 aliphatic heterocycles. The van der Waals surface area contributed by atoms with Crippen molar-refractivity contribution in [3.8, 4) is 11.5 Å². The second-order valence-electron chi connectivity index (χ2n) is 9.33. The Morgan fingerprint density at radius 1 is 0.833 bits per heavy atom. The largest absolute Gasteiger partial charge is 0.493 e. The molecule has 1 aromatic rings. The highest BCUT2D eigenvalue weighted by atomic mass is 16.7. The van der Waals surface area contributed by atoms with E-state index in [0.717, 1.165) is 33.9 Å². The normalized spacial score (nSPS) is 21.6. The molecular weight excluding hydrogens is 556 g/mol. The molecular formula is C28H40N2O12. The number of ether oxygens (including phenoxy) is 7. The Kier molecular flexibility index (Phi) is 13.5. The first kappa shape index (κ1) is 34.3. The van der Waals surface area contributed by atoms with Crippen LogP contribution < -0.4 is 14.8 Å². The molecule has 1 N–H and O–H groups in total. The summed E-state index contributed by atoms with van der Waals surface area (Å²) < 4.78 is 38.7. The van der Waals surface area contributed by atoms with Crippen molar-refractivity contribution in [1.82, 2.24) is 10.2 Å². The first-order valence-corrected chi connectivity index (χ1v) is 13.6. The van der Waals surface area contributed by atoms with Crippen molar-refractivity contribution >= 4 is 29.8 Å². The number of likely N-dealkylation sites (N-methyl/N-ethyl adjacent to an activating group) is 1. The minimum Gasteiger partial charge on any atom is -0.493 e. The third-order valence-electron chi connectivity index (χ3n) is 6.23. The van der Waals surface area contributed by atoms with Crippen LogP contribution in [0.5, 0.6) is 11.5 Å². The SMILES string of the molecule is CCN(CC)CCNC(=O)c1ccc(O[C@@H]2O[C@H](COC(C)=O)[C@@H](OC(C)=O)[C@H](OC(C)=O)[C@H]2OC(C)=O)c(OC)c1. The number of nitrogens with zero attached hydrogens (tertiary/aromatic N) is 1. The van der Waals surface area contributed by atoms with E-state index in [9.17, 15) is 24.0 Å². The Balaban J connectivity index is 2.39. The summed E-state index contributed by atoms with van der Waals surface area (Å²) in [7, 11) is 1.37. The summed E-state index contributed by atoms with van der Waals surface area (Å²) in [4.78, 5) is 62.4. The highest BCUT2D eigenvalue weighted by Gasteiger charge is 2.53. The zero-order valence-corrected chi connectivity index (χ0v) is 25.0. The number of amides is 1. The van der Waals surface area contributed by atoms with E-state index in [4.69, 9.17) is 33.2 Å². The van der Waals surface area contributed by atoms with Crippen molar-refractivity contribution < 1.29 is 57.1 Å². The summed E-state index contributed by atoms with van der Waals surface area (Å²) in [6.45, 7) is 11.1. The lowest BCUT2D eigenvalue weighted by Crippen LogP contribution is -2.63. The molecule has 1 aromatic carbocycles. The van der Waals surface area contributed by atoms with Crippen LogP contribution >= 0.6 is 0 Å². The summed E-state index contributed by atoms with van der Waals surface area (Å²) in [5.41, 5.74) is 0.306. The van der Waals surface area contributed by atoms with Gasteiger partial charge in [0.05, 0.1) is 7.11 Å². The summed E-state index contributed by atoms with van der Waals surface area (Å²) in [5, 5.41) is 2.86. The maximum absolute atomic E-state index is 12.7. The van der Waals surface area contributed by atoms with Gasteiger partial charge in [-0.15, -0.1) is 0 Å². The van der Waals surface area contributed by atoms with Gasteiger partial charge in [0.15, 0.2) is 23.7 Å². The Morgan fingerprint density at radius 2 is 1.43 bits per heavy atom. The molecule has 1 amide bonds. The van der Waals surface area contributed by atoms with Crippen LogP contribution in [0, 0.1) is 0 Å². The summed E-state index contributed by atoms with van der Waals surface area (Å²) in [6.07, 6.45) is -6.76. The molecule has 0 saturated carbocycles. The number of nitrogens with one attached hydrogen (secondary N) is 1. The van der Waals surface area contributed by atoms with E-state index in [1.807, 2.05) is 13.8 Å². The summed E-state index contributed by atoms with van der Waals surface area (Å²) >= 11 is 0. The van der Waals surface area contributed by atoms with Gasteiger partial charge in [-0.3, -0.25) is 24.0 Å². The van der Waals surface area contributed by atoms with Gasteiger partial charge in [-0.2, -0.15) is 0 Å². The van der Waals surface area contributed by atoms with E-state index in [1.165, 1.54) is 32.2 Å². The molecule has 1 aliphatic rings. The average molecular weight is 597 g/mol. The van der Waals surface area contributed by atoms with Crippen LogP contribution in [0.15, 0.2) is 18.2 Å². The van der Waals surface area contributed by atoms with E-state index in [0.29, 0.717) is 18.7 Å². The monoisotopic (exact) mass is 596 g/mol. The van der Waals surface area contributed by atoms with Crippen molar-refractivity contribution in [1.29, 1.82) is 0 Å². The van der Waals surface area contributed by atoms with Crippen LogP contribution in [0.1, 0.15) is 51.9 Å². The Labute approximate surface area is 244 Å². The molecule has 0 spiro atoms. The molecule has 1 heterocycles. The fourth-order valence-electron chi connectivity index (χ4n) is 4.28. The number of methoxy groups -OCH3 is 1. The van der Waals surface area contributed by atoms with Crippen LogP contribution in [0.3, 0.4) is 0 Å². The molecule has 1 saturated heterocycles. The van der Waals surface area contributed by atoms with Gasteiger partial charge in [0.25, 0.3) is 5.91 Å². The fraction of sp³-hybridized carbons (Fsp3) is 0.607. The average Bonchev–Trinajstić information content (AvgIpc) is 2.92. The Hall–Kier alpha value is -3.91. The highest BCUT2D eigenvalue weighted by Crippen LogP contribution is 2.35. The zero-order chi connectivity index (χ0) is 31.4. The molecule has 14 heteroatoms. The van der Waals surface area contributed by atoms with Crippen LogP contribution in [-0.2, 0) is 42.9 Å². The zero-order valence-electron chi connectivity index (χ0n) is 25.0. The molecule has 2 rings (SSSR count). The van der Waals surface area contributed by atoms with Crippen molar-refractivity contribution in [3.63, 3.8) is 0 Å². The summed E-state index contributed by atoms with van der Waals surface area (Å²) in [6, 6.07) is 4.44. The Morgan fingerprint density at radius 3 is 1.98 bits per heavy atom. The molecule has 42 heavy (non-hydrogen) atoms. The molecule has 0 bridgehead atoms. The van der Waals surface area contributed by atoms with Crippen molar-refractivity contribution in [3.05, 3.63) is 23.8 Å². The van der Waals surface area contributed by atoms with Gasteiger partial charge in [-0.1, -0.05) is 13.8 Å². The highest BCUT2D eigenvalue weighted by molar-refractivity contribution is 5.94.